The average Bonchev–Trinajstić information content (AvgIpc) is 2.93. The fourth-order valence-electron chi connectivity index (χ4n) is 2.70. The van der Waals surface area contributed by atoms with Crippen molar-refractivity contribution in [2.24, 2.45) is 5.92 Å². The van der Waals surface area contributed by atoms with E-state index in [1.807, 2.05) is 0 Å². The molecule has 1 aromatic rings. The van der Waals surface area contributed by atoms with Gasteiger partial charge in [-0.05, 0) is 31.2 Å². The number of rotatable bonds is 5. The van der Waals surface area contributed by atoms with Crippen molar-refractivity contribution >= 4 is 5.82 Å². The maximum atomic E-state index is 9.24. The zero-order chi connectivity index (χ0) is 13.7. The summed E-state index contributed by atoms with van der Waals surface area (Å²) < 4.78 is 0. The van der Waals surface area contributed by atoms with Crippen LogP contribution in [0.15, 0.2) is 12.3 Å². The zero-order valence-electron chi connectivity index (χ0n) is 11.8. The Morgan fingerprint density at radius 1 is 1.42 bits per heavy atom. The summed E-state index contributed by atoms with van der Waals surface area (Å²) in [5.74, 6) is 1.43. The van der Waals surface area contributed by atoms with Crippen molar-refractivity contribution in [1.29, 1.82) is 5.26 Å². The van der Waals surface area contributed by atoms with E-state index in [2.05, 4.69) is 35.0 Å². The van der Waals surface area contributed by atoms with Crippen LogP contribution in [0.1, 0.15) is 51.5 Å². The molecule has 1 saturated carbocycles. The average molecular weight is 258 g/mol. The van der Waals surface area contributed by atoms with E-state index in [0.29, 0.717) is 17.5 Å². The summed E-state index contributed by atoms with van der Waals surface area (Å²) in [5, 5.41) is 17.4. The number of hydrogen-bond acceptors (Lipinski definition) is 4. The van der Waals surface area contributed by atoms with Crippen LogP contribution in [-0.2, 0) is 0 Å². The summed E-state index contributed by atoms with van der Waals surface area (Å²) in [6, 6.07) is 4.54. The highest BCUT2D eigenvalue weighted by molar-refractivity contribution is 5.53. The molecule has 0 amide bonds. The van der Waals surface area contributed by atoms with Crippen LogP contribution < -0.4 is 4.90 Å². The predicted molar refractivity (Wildman–Crippen MR) is 75.8 cm³/mol. The van der Waals surface area contributed by atoms with Crippen molar-refractivity contribution in [3.05, 3.63) is 17.8 Å². The van der Waals surface area contributed by atoms with E-state index in [0.717, 1.165) is 18.8 Å². The van der Waals surface area contributed by atoms with Gasteiger partial charge in [-0.15, -0.1) is 5.10 Å². The van der Waals surface area contributed by atoms with E-state index in [-0.39, 0.29) is 0 Å². The molecule has 102 valence electrons. The van der Waals surface area contributed by atoms with Crippen molar-refractivity contribution < 1.29 is 0 Å². The second kappa shape index (κ2) is 6.51. The summed E-state index contributed by atoms with van der Waals surface area (Å²) >= 11 is 0. The van der Waals surface area contributed by atoms with Gasteiger partial charge in [0.25, 0.3) is 0 Å². The smallest absolute Gasteiger partial charge is 0.169 e. The van der Waals surface area contributed by atoms with Crippen LogP contribution in [0.2, 0.25) is 0 Å². The fourth-order valence-corrected chi connectivity index (χ4v) is 2.70. The Labute approximate surface area is 115 Å². The quantitative estimate of drug-likeness (QED) is 0.814. The second-order valence-corrected chi connectivity index (χ2v) is 5.69. The molecule has 2 rings (SSSR count). The summed E-state index contributed by atoms with van der Waals surface area (Å²) in [5.41, 5.74) is 0.644. The van der Waals surface area contributed by atoms with Gasteiger partial charge in [-0.2, -0.15) is 10.4 Å². The molecule has 1 aromatic heterocycles. The Hall–Kier alpha value is -1.63. The molecule has 0 saturated heterocycles. The molecule has 0 bridgehead atoms. The standard InChI is InChI=1S/C15H22N4/c1-12(2)8-10-19(14-5-3-4-6-14)15-13(11-16)7-9-17-18-15/h7,9,12,14H,3-6,8,10H2,1-2H3. The zero-order valence-corrected chi connectivity index (χ0v) is 11.8. The number of nitriles is 1. The van der Waals surface area contributed by atoms with Gasteiger partial charge in [0.1, 0.15) is 6.07 Å². The van der Waals surface area contributed by atoms with E-state index in [4.69, 9.17) is 0 Å². The third-order valence-corrected chi connectivity index (χ3v) is 3.81. The molecule has 19 heavy (non-hydrogen) atoms. The largest absolute Gasteiger partial charge is 0.351 e. The molecule has 0 atom stereocenters. The first-order valence-electron chi connectivity index (χ1n) is 7.20. The third-order valence-electron chi connectivity index (χ3n) is 3.81. The highest BCUT2D eigenvalue weighted by Gasteiger charge is 2.25. The van der Waals surface area contributed by atoms with Crippen LogP contribution in [0, 0.1) is 17.2 Å². The Morgan fingerprint density at radius 2 is 2.16 bits per heavy atom. The summed E-state index contributed by atoms with van der Waals surface area (Å²) in [6.07, 6.45) is 7.70. The number of anilines is 1. The third kappa shape index (κ3) is 3.44. The Bertz CT molecular complexity index is 444. The minimum atomic E-state index is 0.530. The molecule has 0 spiro atoms. The van der Waals surface area contributed by atoms with Crippen LogP contribution in [0.25, 0.3) is 0 Å². The fraction of sp³-hybridized carbons (Fsp3) is 0.667. The molecule has 4 heteroatoms. The monoisotopic (exact) mass is 258 g/mol. The van der Waals surface area contributed by atoms with E-state index in [1.54, 1.807) is 12.3 Å². The Balaban J connectivity index is 2.22. The normalized spacial score (nSPS) is 15.7. The predicted octanol–water partition coefficient (Wildman–Crippen LogP) is 3.14. The summed E-state index contributed by atoms with van der Waals surface area (Å²) in [6.45, 7) is 5.43. The van der Waals surface area contributed by atoms with Gasteiger partial charge in [-0.25, -0.2) is 0 Å². The number of nitrogens with zero attached hydrogens (tertiary/aromatic N) is 4. The maximum Gasteiger partial charge on any atom is 0.169 e. The summed E-state index contributed by atoms with van der Waals surface area (Å²) in [7, 11) is 0. The van der Waals surface area contributed by atoms with Crippen LogP contribution in [0.5, 0.6) is 0 Å². The first kappa shape index (κ1) is 13.8. The minimum absolute atomic E-state index is 0.530. The topological polar surface area (TPSA) is 52.8 Å². The van der Waals surface area contributed by atoms with E-state index < -0.39 is 0 Å². The van der Waals surface area contributed by atoms with Crippen molar-refractivity contribution in [1.82, 2.24) is 10.2 Å². The van der Waals surface area contributed by atoms with E-state index in [9.17, 15) is 5.26 Å². The van der Waals surface area contributed by atoms with Gasteiger partial charge in [0.15, 0.2) is 5.82 Å². The molecule has 0 N–H and O–H groups in total. The number of hydrogen-bond donors (Lipinski definition) is 0. The SMILES string of the molecule is CC(C)CCN(c1nnccc1C#N)C1CCCC1. The highest BCUT2D eigenvalue weighted by atomic mass is 15.3. The molecular weight excluding hydrogens is 236 g/mol. The molecule has 0 radical (unpaired) electrons. The first-order valence-corrected chi connectivity index (χ1v) is 7.20. The Morgan fingerprint density at radius 3 is 2.79 bits per heavy atom. The maximum absolute atomic E-state index is 9.24. The lowest BCUT2D eigenvalue weighted by Crippen LogP contribution is -2.36. The lowest BCUT2D eigenvalue weighted by molar-refractivity contribution is 0.523. The van der Waals surface area contributed by atoms with Gasteiger partial charge in [0, 0.05) is 12.6 Å². The van der Waals surface area contributed by atoms with Gasteiger partial charge in [-0.3, -0.25) is 0 Å². The molecular formula is C15H22N4. The van der Waals surface area contributed by atoms with Crippen molar-refractivity contribution in [3.63, 3.8) is 0 Å². The van der Waals surface area contributed by atoms with Crippen molar-refractivity contribution in [2.45, 2.75) is 52.0 Å². The molecule has 4 nitrogen and oxygen atoms in total. The lowest BCUT2D eigenvalue weighted by Gasteiger charge is -2.30. The minimum Gasteiger partial charge on any atom is -0.351 e. The molecule has 1 aliphatic carbocycles. The first-order chi connectivity index (χ1) is 9.22. The number of aromatic nitrogens is 2. The van der Waals surface area contributed by atoms with Gasteiger partial charge in [0.2, 0.25) is 0 Å². The van der Waals surface area contributed by atoms with Crippen LogP contribution in [-0.4, -0.2) is 22.8 Å². The van der Waals surface area contributed by atoms with Crippen molar-refractivity contribution in [2.75, 3.05) is 11.4 Å². The van der Waals surface area contributed by atoms with Gasteiger partial charge >= 0.3 is 0 Å². The van der Waals surface area contributed by atoms with Gasteiger partial charge in [0.05, 0.1) is 11.8 Å². The molecule has 0 aliphatic heterocycles. The molecule has 1 fully saturated rings. The lowest BCUT2D eigenvalue weighted by atomic mass is 10.1. The van der Waals surface area contributed by atoms with Crippen molar-refractivity contribution in [3.8, 4) is 6.07 Å². The van der Waals surface area contributed by atoms with Crippen LogP contribution in [0.3, 0.4) is 0 Å². The van der Waals surface area contributed by atoms with E-state index >= 15 is 0 Å². The molecule has 1 aliphatic rings. The Kier molecular flexibility index (Phi) is 4.73. The van der Waals surface area contributed by atoms with E-state index in [1.165, 1.54) is 25.7 Å². The molecule has 0 unspecified atom stereocenters. The highest BCUT2D eigenvalue weighted by Crippen LogP contribution is 2.29. The van der Waals surface area contributed by atoms with Gasteiger partial charge < -0.3 is 4.90 Å². The molecule has 0 aromatic carbocycles. The van der Waals surface area contributed by atoms with Crippen LogP contribution >= 0.6 is 0 Å². The van der Waals surface area contributed by atoms with Crippen LogP contribution in [0.4, 0.5) is 5.82 Å². The summed E-state index contributed by atoms with van der Waals surface area (Å²) in [4.78, 5) is 2.32. The molecule has 1 heterocycles. The second-order valence-electron chi connectivity index (χ2n) is 5.69. The van der Waals surface area contributed by atoms with Gasteiger partial charge in [-0.1, -0.05) is 26.7 Å².